The van der Waals surface area contributed by atoms with Crippen molar-refractivity contribution in [2.75, 3.05) is 12.9 Å². The molecule has 3 aromatic carbocycles. The molecule has 0 unspecified atom stereocenters. The number of carbonyl (C=O) groups is 1. The van der Waals surface area contributed by atoms with Crippen molar-refractivity contribution in [2.45, 2.75) is 17.9 Å². The summed E-state index contributed by atoms with van der Waals surface area (Å²) in [6, 6.07) is 19.9. The van der Waals surface area contributed by atoms with Crippen LogP contribution >= 0.6 is 55.0 Å². The molecule has 0 bridgehead atoms. The Morgan fingerprint density at radius 3 is 2.54 bits per heavy atom. The van der Waals surface area contributed by atoms with Gasteiger partial charge in [-0.2, -0.15) is 0 Å². The van der Waals surface area contributed by atoms with Gasteiger partial charge in [-0.05, 0) is 65.0 Å². The van der Waals surface area contributed by atoms with Crippen LogP contribution in [0.25, 0.3) is 11.8 Å². The summed E-state index contributed by atoms with van der Waals surface area (Å²) in [5.74, 6) is -0.507. The second-order valence-electron chi connectivity index (χ2n) is 8.53. The topological polar surface area (TPSA) is 80.9 Å². The minimum absolute atomic E-state index is 0.0189. The molecule has 6 nitrogen and oxygen atoms in total. The SMILES string of the molecule is CCOC(=O)C1=C(c2ccccc2)N=c2s/c(=C\c3cc(Br)cc(Br)c3O)c(=O)n2[C@@H]1c1ccc(SC)cc1. The zero-order valence-corrected chi connectivity index (χ0v) is 25.7. The molecule has 5 rings (SSSR count). The summed E-state index contributed by atoms with van der Waals surface area (Å²) < 4.78 is 8.67. The number of phenolic OH excluding ortho intramolecular Hbond substituents is 1. The number of carbonyl (C=O) groups excluding carboxylic acids is 1. The molecule has 1 aromatic heterocycles. The van der Waals surface area contributed by atoms with E-state index in [2.05, 4.69) is 31.9 Å². The van der Waals surface area contributed by atoms with E-state index in [0.29, 0.717) is 30.6 Å². The minimum atomic E-state index is -0.753. The quantitative estimate of drug-likeness (QED) is 0.202. The molecule has 0 fully saturated rings. The van der Waals surface area contributed by atoms with E-state index >= 15 is 0 Å². The number of fused-ring (bicyclic) bond motifs is 1. The van der Waals surface area contributed by atoms with Crippen LogP contribution in [-0.2, 0) is 9.53 Å². The summed E-state index contributed by atoms with van der Waals surface area (Å²) in [4.78, 5) is 33.9. The average Bonchev–Trinajstić information content (AvgIpc) is 3.25. The molecule has 1 aliphatic heterocycles. The van der Waals surface area contributed by atoms with Gasteiger partial charge in [-0.1, -0.05) is 69.7 Å². The van der Waals surface area contributed by atoms with Crippen LogP contribution in [0.2, 0.25) is 0 Å². The summed E-state index contributed by atoms with van der Waals surface area (Å²) in [5.41, 5.74) is 2.43. The van der Waals surface area contributed by atoms with Crippen LogP contribution in [0, 0.1) is 0 Å². The number of thioether (sulfide) groups is 1. The van der Waals surface area contributed by atoms with Gasteiger partial charge in [0, 0.05) is 20.5 Å². The third kappa shape index (κ3) is 5.43. The van der Waals surface area contributed by atoms with E-state index in [-0.39, 0.29) is 17.9 Å². The van der Waals surface area contributed by atoms with Crippen molar-refractivity contribution >= 4 is 72.7 Å². The molecule has 1 atom stereocenters. The molecular formula is C29H22Br2N2O4S2. The molecule has 0 saturated heterocycles. The number of nitrogens with zero attached hydrogens (tertiary/aromatic N) is 2. The first-order chi connectivity index (χ1) is 18.8. The zero-order valence-electron chi connectivity index (χ0n) is 20.9. The largest absolute Gasteiger partial charge is 0.506 e. The molecule has 0 amide bonds. The lowest BCUT2D eigenvalue weighted by Gasteiger charge is -2.26. The molecule has 0 radical (unpaired) electrons. The van der Waals surface area contributed by atoms with E-state index in [1.165, 1.54) is 11.3 Å². The van der Waals surface area contributed by atoms with E-state index in [1.807, 2.05) is 60.9 Å². The number of ether oxygens (including phenoxy) is 1. The zero-order chi connectivity index (χ0) is 27.7. The van der Waals surface area contributed by atoms with Crippen molar-refractivity contribution in [1.82, 2.24) is 4.57 Å². The molecule has 0 spiro atoms. The van der Waals surface area contributed by atoms with E-state index in [1.54, 1.807) is 41.5 Å². The Morgan fingerprint density at radius 1 is 1.15 bits per heavy atom. The Hall–Kier alpha value is -2.92. The molecule has 1 N–H and O–H groups in total. The number of esters is 1. The molecule has 1 aliphatic rings. The minimum Gasteiger partial charge on any atom is -0.506 e. The highest BCUT2D eigenvalue weighted by Crippen LogP contribution is 2.36. The Morgan fingerprint density at radius 2 is 1.87 bits per heavy atom. The summed E-state index contributed by atoms with van der Waals surface area (Å²) in [6.07, 6.45) is 3.63. The predicted molar refractivity (Wildman–Crippen MR) is 163 cm³/mol. The maximum atomic E-state index is 14.0. The van der Waals surface area contributed by atoms with Crippen molar-refractivity contribution in [2.24, 2.45) is 4.99 Å². The number of benzene rings is 3. The van der Waals surface area contributed by atoms with Crippen molar-refractivity contribution in [1.29, 1.82) is 0 Å². The van der Waals surface area contributed by atoms with Crippen LogP contribution in [-0.4, -0.2) is 28.5 Å². The number of rotatable bonds is 6. The van der Waals surface area contributed by atoms with Crippen molar-refractivity contribution in [3.8, 4) is 5.75 Å². The number of hydrogen-bond acceptors (Lipinski definition) is 7. The number of halogens is 2. The van der Waals surface area contributed by atoms with E-state index < -0.39 is 12.0 Å². The summed E-state index contributed by atoms with van der Waals surface area (Å²) in [5, 5.41) is 10.6. The fourth-order valence-electron chi connectivity index (χ4n) is 4.38. The van der Waals surface area contributed by atoms with Crippen molar-refractivity contribution < 1.29 is 14.6 Å². The van der Waals surface area contributed by atoms with Gasteiger partial charge in [-0.3, -0.25) is 9.36 Å². The van der Waals surface area contributed by atoms with Gasteiger partial charge in [0.1, 0.15) is 5.75 Å². The van der Waals surface area contributed by atoms with Crippen LogP contribution in [0.1, 0.15) is 29.7 Å². The average molecular weight is 686 g/mol. The van der Waals surface area contributed by atoms with Gasteiger partial charge in [0.2, 0.25) is 0 Å². The van der Waals surface area contributed by atoms with Gasteiger partial charge in [0.25, 0.3) is 5.56 Å². The maximum absolute atomic E-state index is 14.0. The van der Waals surface area contributed by atoms with Crippen LogP contribution in [0.5, 0.6) is 5.75 Å². The number of hydrogen-bond donors (Lipinski definition) is 1. The second-order valence-corrected chi connectivity index (χ2v) is 12.2. The molecular weight excluding hydrogens is 664 g/mol. The van der Waals surface area contributed by atoms with Gasteiger partial charge < -0.3 is 9.84 Å². The Balaban J connectivity index is 1.84. The molecule has 39 heavy (non-hydrogen) atoms. The van der Waals surface area contributed by atoms with Crippen LogP contribution < -0.4 is 14.9 Å². The monoisotopic (exact) mass is 684 g/mol. The number of aromatic hydroxyl groups is 1. The summed E-state index contributed by atoms with van der Waals surface area (Å²) >= 11 is 9.61. The first-order valence-electron chi connectivity index (χ1n) is 11.9. The molecule has 198 valence electrons. The third-order valence-corrected chi connectivity index (χ3v) is 8.94. The van der Waals surface area contributed by atoms with Gasteiger partial charge in [-0.15, -0.1) is 11.8 Å². The van der Waals surface area contributed by atoms with E-state index in [4.69, 9.17) is 9.73 Å². The van der Waals surface area contributed by atoms with Crippen LogP contribution in [0.4, 0.5) is 0 Å². The maximum Gasteiger partial charge on any atom is 0.338 e. The van der Waals surface area contributed by atoms with Crippen molar-refractivity contribution in [3.05, 3.63) is 118 Å². The van der Waals surface area contributed by atoms with E-state index in [0.717, 1.165) is 20.5 Å². The molecule has 0 aliphatic carbocycles. The second kappa shape index (κ2) is 11.7. The van der Waals surface area contributed by atoms with Gasteiger partial charge in [-0.25, -0.2) is 9.79 Å². The highest BCUT2D eigenvalue weighted by atomic mass is 79.9. The number of aromatic nitrogens is 1. The third-order valence-electron chi connectivity index (χ3n) is 6.15. The highest BCUT2D eigenvalue weighted by Gasteiger charge is 2.35. The standard InChI is InChI=1S/C29H22Br2N2O4S2/c1-3-37-28(36)23-24(16-7-5-4-6-8-16)32-29-33(25(23)17-9-11-20(38-2)12-10-17)27(35)22(39-29)14-18-13-19(30)15-21(31)26(18)34/h4-15,25,34H,3H2,1-2H3/b22-14-/t25-/m1/s1. The number of thiazole rings is 1. The fraction of sp³-hybridized carbons (Fsp3) is 0.138. The van der Waals surface area contributed by atoms with Gasteiger partial charge in [0.15, 0.2) is 4.80 Å². The normalized spacial score (nSPS) is 15.2. The smallest absolute Gasteiger partial charge is 0.338 e. The molecule has 10 heteroatoms. The lowest BCUT2D eigenvalue weighted by molar-refractivity contribution is -0.138. The molecule has 2 heterocycles. The summed E-state index contributed by atoms with van der Waals surface area (Å²) in [7, 11) is 0. The molecule has 0 saturated carbocycles. The predicted octanol–water partition coefficient (Wildman–Crippen LogP) is 5.89. The van der Waals surface area contributed by atoms with Crippen molar-refractivity contribution in [3.63, 3.8) is 0 Å². The number of phenols is 1. The van der Waals surface area contributed by atoms with Gasteiger partial charge in [0.05, 0.1) is 32.9 Å². The van der Waals surface area contributed by atoms with Crippen LogP contribution in [0.3, 0.4) is 0 Å². The molecule has 4 aromatic rings. The first-order valence-corrected chi connectivity index (χ1v) is 15.6. The highest BCUT2D eigenvalue weighted by molar-refractivity contribution is 9.11. The Bertz CT molecular complexity index is 1780. The summed E-state index contributed by atoms with van der Waals surface area (Å²) in [6.45, 7) is 1.94. The fourth-order valence-corrected chi connectivity index (χ4v) is 7.04. The van der Waals surface area contributed by atoms with Gasteiger partial charge >= 0.3 is 5.97 Å². The van der Waals surface area contributed by atoms with Crippen LogP contribution in [0.15, 0.2) is 95.9 Å². The Kier molecular flexibility index (Phi) is 8.27. The Labute approximate surface area is 249 Å². The lowest BCUT2D eigenvalue weighted by Crippen LogP contribution is -2.40. The van der Waals surface area contributed by atoms with E-state index in [9.17, 15) is 14.7 Å². The first kappa shape index (κ1) is 27.6. The lowest BCUT2D eigenvalue weighted by atomic mass is 9.93.